The van der Waals surface area contributed by atoms with E-state index >= 15 is 0 Å². The van der Waals surface area contributed by atoms with Crippen LogP contribution in [0.1, 0.15) is 17.5 Å². The van der Waals surface area contributed by atoms with Gasteiger partial charge in [-0.3, -0.25) is 4.79 Å². The molecule has 1 heterocycles. The number of hydrogen-bond donors (Lipinski definition) is 1. The van der Waals surface area contributed by atoms with Gasteiger partial charge < -0.3 is 24.4 Å². The molecule has 1 N–H and O–H groups in total. The van der Waals surface area contributed by atoms with Crippen LogP contribution in [-0.4, -0.2) is 58.8 Å². The Morgan fingerprint density at radius 2 is 1.83 bits per heavy atom. The van der Waals surface area contributed by atoms with Crippen molar-refractivity contribution >= 4 is 5.91 Å². The van der Waals surface area contributed by atoms with Gasteiger partial charge in [-0.15, -0.1) is 0 Å². The number of fused-ring (bicyclic) bond motifs is 1. The van der Waals surface area contributed by atoms with Gasteiger partial charge in [-0.05, 0) is 31.5 Å². The van der Waals surface area contributed by atoms with Crippen molar-refractivity contribution in [2.24, 2.45) is 0 Å². The van der Waals surface area contributed by atoms with Crippen LogP contribution in [-0.2, 0) is 17.6 Å². The maximum absolute atomic E-state index is 12.3. The molecule has 1 aliphatic rings. The standard InChI is InChI=1S/C17H26N2O4/c1-18-8-5-15(20)19-9-6-12-11-14(21-2)17(23-4)16(22-3)13(12)7-10-19/h11,18H,5-10H2,1-4H3. The zero-order valence-corrected chi connectivity index (χ0v) is 14.4. The van der Waals surface area contributed by atoms with Crippen molar-refractivity contribution < 1.29 is 19.0 Å². The van der Waals surface area contributed by atoms with Crippen molar-refractivity contribution in [3.8, 4) is 17.2 Å². The first kappa shape index (κ1) is 17.4. The highest BCUT2D eigenvalue weighted by Gasteiger charge is 2.25. The lowest BCUT2D eigenvalue weighted by atomic mass is 10.0. The zero-order chi connectivity index (χ0) is 16.8. The largest absolute Gasteiger partial charge is 0.493 e. The molecule has 1 amide bonds. The molecule has 6 heteroatoms. The topological polar surface area (TPSA) is 60.0 Å². The van der Waals surface area contributed by atoms with Crippen LogP contribution in [0.15, 0.2) is 6.07 Å². The molecule has 0 saturated heterocycles. The second kappa shape index (κ2) is 8.06. The van der Waals surface area contributed by atoms with E-state index in [4.69, 9.17) is 14.2 Å². The van der Waals surface area contributed by atoms with E-state index in [9.17, 15) is 4.79 Å². The number of benzene rings is 1. The fraction of sp³-hybridized carbons (Fsp3) is 0.588. The molecule has 0 spiro atoms. The fourth-order valence-electron chi connectivity index (χ4n) is 3.02. The van der Waals surface area contributed by atoms with Crippen molar-refractivity contribution in [2.75, 3.05) is 48.0 Å². The molecule has 128 valence electrons. The molecule has 1 aromatic rings. The first-order valence-corrected chi connectivity index (χ1v) is 7.89. The quantitative estimate of drug-likeness (QED) is 0.854. The van der Waals surface area contributed by atoms with Gasteiger partial charge in [-0.2, -0.15) is 0 Å². The fourth-order valence-corrected chi connectivity index (χ4v) is 3.02. The van der Waals surface area contributed by atoms with E-state index in [0.29, 0.717) is 43.3 Å². The lowest BCUT2D eigenvalue weighted by Crippen LogP contribution is -2.34. The summed E-state index contributed by atoms with van der Waals surface area (Å²) in [4.78, 5) is 14.2. The number of carbonyl (C=O) groups excluding carboxylic acids is 1. The maximum atomic E-state index is 12.3. The summed E-state index contributed by atoms with van der Waals surface area (Å²) in [6, 6.07) is 2.00. The molecular weight excluding hydrogens is 296 g/mol. The Morgan fingerprint density at radius 3 is 2.43 bits per heavy atom. The predicted molar refractivity (Wildman–Crippen MR) is 88.6 cm³/mol. The number of hydrogen-bond acceptors (Lipinski definition) is 5. The molecule has 0 aliphatic carbocycles. The third-order valence-electron chi connectivity index (χ3n) is 4.25. The second-order valence-electron chi connectivity index (χ2n) is 5.52. The summed E-state index contributed by atoms with van der Waals surface area (Å²) in [5.74, 6) is 2.18. The number of nitrogens with one attached hydrogen (secondary N) is 1. The van der Waals surface area contributed by atoms with Crippen molar-refractivity contribution in [1.29, 1.82) is 0 Å². The minimum atomic E-state index is 0.185. The van der Waals surface area contributed by atoms with Crippen LogP contribution in [0.5, 0.6) is 17.2 Å². The summed E-state index contributed by atoms with van der Waals surface area (Å²) in [7, 11) is 6.72. The van der Waals surface area contributed by atoms with Crippen LogP contribution < -0.4 is 19.5 Å². The van der Waals surface area contributed by atoms with Gasteiger partial charge in [0.25, 0.3) is 0 Å². The zero-order valence-electron chi connectivity index (χ0n) is 14.4. The third kappa shape index (κ3) is 3.69. The summed E-state index contributed by atoms with van der Waals surface area (Å²) >= 11 is 0. The van der Waals surface area contributed by atoms with Gasteiger partial charge in [0.15, 0.2) is 11.5 Å². The van der Waals surface area contributed by atoms with Crippen LogP contribution in [0.2, 0.25) is 0 Å². The minimum absolute atomic E-state index is 0.185. The first-order valence-electron chi connectivity index (χ1n) is 7.89. The summed E-state index contributed by atoms with van der Waals surface area (Å²) in [6.45, 7) is 2.11. The van der Waals surface area contributed by atoms with Gasteiger partial charge in [0.1, 0.15) is 0 Å². The molecular formula is C17H26N2O4. The Morgan fingerprint density at radius 1 is 1.13 bits per heavy atom. The highest BCUT2D eigenvalue weighted by atomic mass is 16.5. The van der Waals surface area contributed by atoms with Gasteiger partial charge in [-0.25, -0.2) is 0 Å². The highest BCUT2D eigenvalue weighted by molar-refractivity contribution is 5.76. The molecule has 2 rings (SSSR count). The number of nitrogens with zero attached hydrogens (tertiary/aromatic N) is 1. The average Bonchev–Trinajstić information content (AvgIpc) is 2.80. The van der Waals surface area contributed by atoms with E-state index in [-0.39, 0.29) is 5.91 Å². The van der Waals surface area contributed by atoms with Crippen LogP contribution >= 0.6 is 0 Å². The van der Waals surface area contributed by atoms with E-state index in [0.717, 1.165) is 24.0 Å². The lowest BCUT2D eigenvalue weighted by Gasteiger charge is -2.20. The molecule has 0 atom stereocenters. The molecule has 1 aliphatic heterocycles. The van der Waals surface area contributed by atoms with Gasteiger partial charge in [0.2, 0.25) is 11.7 Å². The van der Waals surface area contributed by atoms with Crippen molar-refractivity contribution in [2.45, 2.75) is 19.3 Å². The summed E-state index contributed by atoms with van der Waals surface area (Å²) in [5.41, 5.74) is 2.26. The number of methoxy groups -OCH3 is 3. The summed E-state index contributed by atoms with van der Waals surface area (Å²) in [6.07, 6.45) is 2.07. The number of amides is 1. The first-order chi connectivity index (χ1) is 11.2. The van der Waals surface area contributed by atoms with Gasteiger partial charge in [-0.1, -0.05) is 0 Å². The van der Waals surface area contributed by atoms with E-state index in [1.807, 2.05) is 18.0 Å². The van der Waals surface area contributed by atoms with E-state index in [2.05, 4.69) is 5.32 Å². The third-order valence-corrected chi connectivity index (χ3v) is 4.25. The summed E-state index contributed by atoms with van der Waals surface area (Å²) < 4.78 is 16.4. The molecule has 0 fully saturated rings. The Kier molecular flexibility index (Phi) is 6.10. The monoisotopic (exact) mass is 322 g/mol. The maximum Gasteiger partial charge on any atom is 0.223 e. The Labute approximate surface area is 137 Å². The highest BCUT2D eigenvalue weighted by Crippen LogP contribution is 2.43. The van der Waals surface area contributed by atoms with E-state index in [1.54, 1.807) is 21.3 Å². The smallest absolute Gasteiger partial charge is 0.223 e. The summed E-state index contributed by atoms with van der Waals surface area (Å²) in [5, 5.41) is 3.02. The number of rotatable bonds is 6. The molecule has 0 aromatic heterocycles. The van der Waals surface area contributed by atoms with Crippen molar-refractivity contribution in [3.63, 3.8) is 0 Å². The number of ether oxygens (including phenoxy) is 3. The van der Waals surface area contributed by atoms with Crippen molar-refractivity contribution in [3.05, 3.63) is 17.2 Å². The second-order valence-corrected chi connectivity index (χ2v) is 5.52. The van der Waals surface area contributed by atoms with E-state index < -0.39 is 0 Å². The average molecular weight is 322 g/mol. The molecule has 0 radical (unpaired) electrons. The Balaban J connectivity index is 2.27. The Hall–Kier alpha value is -1.95. The Bertz CT molecular complexity index is 560. The normalized spacial score (nSPS) is 14.0. The minimum Gasteiger partial charge on any atom is -0.493 e. The van der Waals surface area contributed by atoms with Crippen LogP contribution in [0, 0.1) is 0 Å². The van der Waals surface area contributed by atoms with Gasteiger partial charge in [0, 0.05) is 31.6 Å². The molecule has 0 unspecified atom stereocenters. The molecule has 6 nitrogen and oxygen atoms in total. The van der Waals surface area contributed by atoms with Crippen LogP contribution in [0.3, 0.4) is 0 Å². The SMILES string of the molecule is CNCCC(=O)N1CCc2cc(OC)c(OC)c(OC)c2CC1. The van der Waals surface area contributed by atoms with Gasteiger partial charge >= 0.3 is 0 Å². The molecule has 23 heavy (non-hydrogen) atoms. The van der Waals surface area contributed by atoms with Crippen LogP contribution in [0.4, 0.5) is 0 Å². The van der Waals surface area contributed by atoms with E-state index in [1.165, 1.54) is 0 Å². The lowest BCUT2D eigenvalue weighted by molar-refractivity contribution is -0.130. The molecule has 0 saturated carbocycles. The van der Waals surface area contributed by atoms with Gasteiger partial charge in [0.05, 0.1) is 21.3 Å². The molecule has 1 aromatic carbocycles. The van der Waals surface area contributed by atoms with Crippen LogP contribution in [0.25, 0.3) is 0 Å². The molecule has 0 bridgehead atoms. The van der Waals surface area contributed by atoms with Crippen molar-refractivity contribution in [1.82, 2.24) is 10.2 Å². The number of carbonyl (C=O) groups is 1. The predicted octanol–water partition coefficient (Wildman–Crippen LogP) is 1.25.